The fourth-order valence-electron chi connectivity index (χ4n) is 5.55. The van der Waals surface area contributed by atoms with Crippen LogP contribution in [0.3, 0.4) is 0 Å². The number of carbonyl (C=O) groups excluding carboxylic acids is 2. The third kappa shape index (κ3) is 10.3. The van der Waals surface area contributed by atoms with E-state index in [2.05, 4.69) is 10.0 Å². The third-order valence-electron chi connectivity index (χ3n) is 8.09. The van der Waals surface area contributed by atoms with Gasteiger partial charge in [-0.1, -0.05) is 26.2 Å². The van der Waals surface area contributed by atoms with Crippen molar-refractivity contribution in [3.63, 3.8) is 0 Å². The molecule has 0 spiro atoms. The summed E-state index contributed by atoms with van der Waals surface area (Å²) in [5.41, 5.74) is 0.458. The lowest BCUT2D eigenvalue weighted by Gasteiger charge is -2.36. The number of benzene rings is 1. The van der Waals surface area contributed by atoms with E-state index in [1.807, 2.05) is 13.8 Å². The first kappa shape index (κ1) is 33.9. The fraction of sp³-hybridized carbons (Fsp3) is 0.733. The smallest absolute Gasteiger partial charge is 0.317 e. The van der Waals surface area contributed by atoms with Crippen LogP contribution in [0.2, 0.25) is 0 Å². The highest BCUT2D eigenvalue weighted by molar-refractivity contribution is 7.92. The van der Waals surface area contributed by atoms with Crippen molar-refractivity contribution in [2.75, 3.05) is 44.3 Å². The molecule has 2 aliphatic rings. The number of urea groups is 1. The summed E-state index contributed by atoms with van der Waals surface area (Å²) < 4.78 is 38.8. The largest absolute Gasteiger partial charge is 0.490 e. The fourth-order valence-corrected chi connectivity index (χ4v) is 6.10. The van der Waals surface area contributed by atoms with Crippen LogP contribution in [0.15, 0.2) is 18.2 Å². The van der Waals surface area contributed by atoms with E-state index < -0.39 is 16.1 Å². The molecular formula is C30H50N4O7S. The monoisotopic (exact) mass is 610 g/mol. The van der Waals surface area contributed by atoms with Crippen LogP contribution in [0.4, 0.5) is 10.5 Å². The lowest BCUT2D eigenvalue weighted by molar-refractivity contribution is -0.0123. The Morgan fingerprint density at radius 2 is 1.83 bits per heavy atom. The average Bonchev–Trinajstić information content (AvgIpc) is 2.94. The summed E-state index contributed by atoms with van der Waals surface area (Å²) in [6, 6.07) is 4.21. The Bertz CT molecular complexity index is 1140. The maximum Gasteiger partial charge on any atom is 0.317 e. The van der Waals surface area contributed by atoms with Crippen LogP contribution in [0.1, 0.15) is 82.5 Å². The van der Waals surface area contributed by atoms with Crippen molar-refractivity contribution in [1.29, 1.82) is 0 Å². The van der Waals surface area contributed by atoms with Crippen molar-refractivity contribution in [2.45, 2.75) is 96.4 Å². The SMILES string of the molecule is C[C@H]1CCCCO[C@H](CN(C)C(=O)NC2CCCCC2)[C@@H](C)CN([C@@H](C)CO)C(=O)c2cc(NS(C)(=O)=O)ccc2O1. The highest BCUT2D eigenvalue weighted by Gasteiger charge is 2.31. The molecule has 4 atom stereocenters. The van der Waals surface area contributed by atoms with Gasteiger partial charge >= 0.3 is 6.03 Å². The van der Waals surface area contributed by atoms with Gasteiger partial charge in [-0.2, -0.15) is 0 Å². The van der Waals surface area contributed by atoms with Gasteiger partial charge in [0.05, 0.1) is 36.7 Å². The number of aliphatic hydroxyl groups is 1. The first-order chi connectivity index (χ1) is 19.9. The summed E-state index contributed by atoms with van der Waals surface area (Å²) in [5, 5.41) is 13.2. The van der Waals surface area contributed by atoms with Crippen LogP contribution >= 0.6 is 0 Å². The summed E-state index contributed by atoms with van der Waals surface area (Å²) in [5.74, 6) is -0.211. The zero-order valence-corrected chi connectivity index (χ0v) is 26.6. The number of nitrogens with one attached hydrogen (secondary N) is 2. The number of carbonyl (C=O) groups is 2. The molecule has 1 saturated carbocycles. The second kappa shape index (κ2) is 15.8. The molecule has 3 N–H and O–H groups in total. The number of amides is 3. The van der Waals surface area contributed by atoms with Crippen LogP contribution in [0.5, 0.6) is 5.75 Å². The molecule has 1 aromatic rings. The van der Waals surface area contributed by atoms with Crippen LogP contribution in [-0.2, 0) is 14.8 Å². The minimum Gasteiger partial charge on any atom is -0.490 e. The van der Waals surface area contributed by atoms with Gasteiger partial charge < -0.3 is 29.7 Å². The highest BCUT2D eigenvalue weighted by Crippen LogP contribution is 2.29. The molecule has 238 valence electrons. The molecule has 1 aliphatic heterocycles. The van der Waals surface area contributed by atoms with Crippen molar-refractivity contribution in [3.8, 4) is 5.75 Å². The molecule has 12 heteroatoms. The second-order valence-electron chi connectivity index (χ2n) is 12.0. The van der Waals surface area contributed by atoms with E-state index in [4.69, 9.17) is 9.47 Å². The number of fused-ring (bicyclic) bond motifs is 1. The lowest BCUT2D eigenvalue weighted by Crippen LogP contribution is -2.50. The van der Waals surface area contributed by atoms with E-state index in [0.717, 1.165) is 51.2 Å². The Labute approximate surface area is 251 Å². The summed E-state index contributed by atoms with van der Waals surface area (Å²) in [7, 11) is -1.80. The van der Waals surface area contributed by atoms with Gasteiger partial charge in [0.2, 0.25) is 10.0 Å². The van der Waals surface area contributed by atoms with Gasteiger partial charge in [0.15, 0.2) is 0 Å². The average molecular weight is 611 g/mol. The van der Waals surface area contributed by atoms with Crippen molar-refractivity contribution >= 4 is 27.6 Å². The van der Waals surface area contributed by atoms with Crippen molar-refractivity contribution in [1.82, 2.24) is 15.1 Å². The summed E-state index contributed by atoms with van der Waals surface area (Å²) in [4.78, 5) is 30.3. The minimum absolute atomic E-state index is 0.125. The molecule has 11 nitrogen and oxygen atoms in total. The number of hydrogen-bond acceptors (Lipinski definition) is 7. The normalized spacial score (nSPS) is 24.1. The second-order valence-corrected chi connectivity index (χ2v) is 13.8. The Morgan fingerprint density at radius 1 is 1.14 bits per heavy atom. The summed E-state index contributed by atoms with van der Waals surface area (Å²) in [6.45, 7) is 6.53. The Hall–Kier alpha value is -2.57. The van der Waals surface area contributed by atoms with E-state index in [1.165, 1.54) is 12.5 Å². The van der Waals surface area contributed by atoms with Crippen molar-refractivity contribution < 1.29 is 32.6 Å². The standard InChI is InChI=1S/C30H50N4O7S/c1-21-18-34(22(2)20-35)29(36)26-17-25(32-42(5,38)39)14-15-27(26)41-23(3)11-9-10-16-40-28(21)19-33(4)30(37)31-24-12-7-6-8-13-24/h14-15,17,21-24,28,32,35H,6-13,16,18-20H2,1-5H3,(H,31,37)/t21-,22-,23-,28+/m0/s1. The molecule has 0 saturated heterocycles. The number of ether oxygens (including phenoxy) is 2. The van der Waals surface area contributed by atoms with Crippen LogP contribution in [0, 0.1) is 5.92 Å². The van der Waals surface area contributed by atoms with E-state index in [-0.39, 0.29) is 60.5 Å². The third-order valence-corrected chi connectivity index (χ3v) is 8.69. The van der Waals surface area contributed by atoms with Gasteiger partial charge in [0.1, 0.15) is 5.75 Å². The van der Waals surface area contributed by atoms with E-state index in [9.17, 15) is 23.1 Å². The first-order valence-corrected chi connectivity index (χ1v) is 17.1. The van der Waals surface area contributed by atoms with E-state index >= 15 is 0 Å². The molecule has 3 rings (SSSR count). The quantitative estimate of drug-likeness (QED) is 0.427. The van der Waals surface area contributed by atoms with Gasteiger partial charge in [-0.15, -0.1) is 0 Å². The lowest BCUT2D eigenvalue weighted by atomic mass is 9.96. The first-order valence-electron chi connectivity index (χ1n) is 15.2. The summed E-state index contributed by atoms with van der Waals surface area (Å²) in [6.07, 6.45) is 8.38. The van der Waals surface area contributed by atoms with Crippen molar-refractivity contribution in [3.05, 3.63) is 23.8 Å². The van der Waals surface area contributed by atoms with E-state index in [0.29, 0.717) is 18.9 Å². The Morgan fingerprint density at radius 3 is 2.50 bits per heavy atom. The molecule has 0 bridgehead atoms. The van der Waals surface area contributed by atoms with Crippen LogP contribution in [-0.4, -0.2) is 99.2 Å². The van der Waals surface area contributed by atoms with Gasteiger partial charge in [0.25, 0.3) is 5.91 Å². The number of hydrogen-bond donors (Lipinski definition) is 3. The predicted octanol–water partition coefficient (Wildman–Crippen LogP) is 3.83. The van der Waals surface area contributed by atoms with Gasteiger partial charge in [-0.3, -0.25) is 9.52 Å². The van der Waals surface area contributed by atoms with Crippen LogP contribution in [0.25, 0.3) is 0 Å². The van der Waals surface area contributed by atoms with Gasteiger partial charge in [-0.25, -0.2) is 13.2 Å². The maximum atomic E-state index is 14.1. The molecule has 3 amide bonds. The molecule has 1 fully saturated rings. The molecule has 1 aliphatic carbocycles. The molecule has 0 aromatic heterocycles. The molecule has 42 heavy (non-hydrogen) atoms. The zero-order chi connectivity index (χ0) is 30.9. The zero-order valence-electron chi connectivity index (χ0n) is 25.8. The molecule has 1 heterocycles. The van der Waals surface area contributed by atoms with Gasteiger partial charge in [-0.05, 0) is 64.2 Å². The van der Waals surface area contributed by atoms with Crippen molar-refractivity contribution in [2.24, 2.45) is 5.92 Å². The Balaban J connectivity index is 1.88. The minimum atomic E-state index is -3.57. The molecule has 0 unspecified atom stereocenters. The highest BCUT2D eigenvalue weighted by atomic mass is 32.2. The molecule has 1 aromatic carbocycles. The molecule has 0 radical (unpaired) electrons. The van der Waals surface area contributed by atoms with E-state index in [1.54, 1.807) is 35.9 Å². The molecular weight excluding hydrogens is 560 g/mol. The number of likely N-dealkylation sites (N-methyl/N-ethyl adjacent to an activating group) is 1. The number of rotatable bonds is 7. The Kier molecular flexibility index (Phi) is 12.7. The number of anilines is 1. The topological polar surface area (TPSA) is 138 Å². The number of aliphatic hydroxyl groups excluding tert-OH is 1. The maximum absolute atomic E-state index is 14.1. The van der Waals surface area contributed by atoms with Gasteiger partial charge in [0, 0.05) is 44.4 Å². The summed E-state index contributed by atoms with van der Waals surface area (Å²) >= 11 is 0. The predicted molar refractivity (Wildman–Crippen MR) is 163 cm³/mol. The number of sulfonamides is 1. The number of nitrogens with zero attached hydrogens (tertiary/aromatic N) is 2. The van der Waals surface area contributed by atoms with Crippen LogP contribution < -0.4 is 14.8 Å².